The molecule has 0 atom stereocenters. The standard InChI is InChI=1S/C28H40O10.2C24H20B.Ba/c1-2-6-26-25(5-1)35-21-17-31-13-9-29-11-15-33-19-23-37-27-7-3-4-8-28(27)38-24-20-34-16-12-30-10-14-32-18-22-36-26;2*1-5-13-21(14-6-1)25(22-15-7-2-8-16-22,23-17-9-3-10-18-23)24-19-11-4-12-20-24;/h1-8H,9-24H2;2*1-20H;/q;2*-1;+2. The fraction of sp³-hybridized carbons (Fsp3) is 0.211. The number of fused-ring (bicyclic) bond motifs is 2. The molecule has 0 radical (unpaired) electrons. The van der Waals surface area contributed by atoms with Crippen molar-refractivity contribution in [3.8, 4) is 23.0 Å². The predicted molar refractivity (Wildman–Crippen MR) is 366 cm³/mol. The number of benzene rings is 10. The van der Waals surface area contributed by atoms with E-state index in [1.54, 1.807) is 0 Å². The molecule has 0 unspecified atom stereocenters. The molecular formula is C76H80B2BaO10. The second-order valence-corrected chi connectivity index (χ2v) is 21.0. The normalized spacial score (nSPS) is 14.5. The minimum absolute atomic E-state index is 0. The third-order valence-corrected chi connectivity index (χ3v) is 15.5. The van der Waals surface area contributed by atoms with E-state index in [-0.39, 0.29) is 48.9 Å². The molecule has 0 spiro atoms. The number of hydrogen-bond donors (Lipinski definition) is 0. The van der Waals surface area contributed by atoms with Gasteiger partial charge in [-0.2, -0.15) is 43.7 Å². The van der Waals surface area contributed by atoms with Crippen LogP contribution in [0.1, 0.15) is 0 Å². The van der Waals surface area contributed by atoms with E-state index >= 15 is 0 Å². The van der Waals surface area contributed by atoms with Crippen LogP contribution in [0.3, 0.4) is 0 Å². The van der Waals surface area contributed by atoms with Gasteiger partial charge in [-0.05, 0) is 24.3 Å². The fourth-order valence-corrected chi connectivity index (χ4v) is 11.5. The van der Waals surface area contributed by atoms with Gasteiger partial charge in [-0.1, -0.05) is 267 Å². The van der Waals surface area contributed by atoms with Crippen LogP contribution in [-0.4, -0.2) is 167 Å². The third-order valence-electron chi connectivity index (χ3n) is 15.5. The average Bonchev–Trinajstić information content (AvgIpc) is 0.863. The Morgan fingerprint density at radius 2 is 0.281 bits per heavy atom. The summed E-state index contributed by atoms with van der Waals surface area (Å²) in [5.74, 6) is 2.69. The first-order chi connectivity index (χ1) is 43.8. The molecule has 10 aromatic rings. The summed E-state index contributed by atoms with van der Waals surface area (Å²) < 4.78 is 56.6. The summed E-state index contributed by atoms with van der Waals surface area (Å²) >= 11 is 0. The summed E-state index contributed by atoms with van der Waals surface area (Å²) in [6.45, 7) is 7.30. The predicted octanol–water partition coefficient (Wildman–Crippen LogP) is 8.76. The summed E-state index contributed by atoms with van der Waals surface area (Å²) in [6, 6.07) is 102. The van der Waals surface area contributed by atoms with Gasteiger partial charge in [0.1, 0.15) is 38.7 Å². The Morgan fingerprint density at radius 1 is 0.157 bits per heavy atom. The van der Waals surface area contributed by atoms with E-state index in [4.69, 9.17) is 47.4 Å². The van der Waals surface area contributed by atoms with Gasteiger partial charge in [-0.3, -0.25) is 0 Å². The molecule has 1 aliphatic rings. The van der Waals surface area contributed by atoms with Crippen LogP contribution in [0, 0.1) is 0 Å². The Balaban J connectivity index is 0.000000177. The topological polar surface area (TPSA) is 92.3 Å². The molecule has 1 aliphatic heterocycles. The van der Waals surface area contributed by atoms with Gasteiger partial charge in [0.15, 0.2) is 23.0 Å². The van der Waals surface area contributed by atoms with Crippen molar-refractivity contribution in [3.63, 3.8) is 0 Å². The molecule has 10 nitrogen and oxygen atoms in total. The molecule has 0 aliphatic carbocycles. The van der Waals surface area contributed by atoms with Crippen molar-refractivity contribution in [2.45, 2.75) is 0 Å². The Labute approximate surface area is 567 Å². The van der Waals surface area contributed by atoms with E-state index in [0.717, 1.165) is 0 Å². The molecule has 13 heteroatoms. The van der Waals surface area contributed by atoms with Gasteiger partial charge in [0, 0.05) is 0 Å². The number of ether oxygens (including phenoxy) is 10. The van der Waals surface area contributed by atoms with Crippen LogP contribution in [0.15, 0.2) is 291 Å². The van der Waals surface area contributed by atoms with Gasteiger partial charge in [-0.15, -0.1) is 0 Å². The summed E-state index contributed by atoms with van der Waals surface area (Å²) in [7, 11) is 0. The van der Waals surface area contributed by atoms with Crippen molar-refractivity contribution in [3.05, 3.63) is 291 Å². The van der Waals surface area contributed by atoms with Crippen molar-refractivity contribution < 1.29 is 47.4 Å². The van der Waals surface area contributed by atoms with Crippen LogP contribution in [0.4, 0.5) is 0 Å². The third kappa shape index (κ3) is 19.9. The van der Waals surface area contributed by atoms with Gasteiger partial charge in [-0.25, -0.2) is 0 Å². The van der Waals surface area contributed by atoms with Gasteiger partial charge in [0.2, 0.25) is 0 Å². The maximum absolute atomic E-state index is 5.80. The summed E-state index contributed by atoms with van der Waals surface area (Å²) in [6.07, 6.45) is -2.43. The van der Waals surface area contributed by atoms with Crippen molar-refractivity contribution in [2.75, 3.05) is 106 Å². The van der Waals surface area contributed by atoms with Crippen LogP contribution >= 0.6 is 0 Å². The Bertz CT molecular complexity index is 2810. The molecule has 0 fully saturated rings. The molecule has 11 rings (SSSR count). The van der Waals surface area contributed by atoms with E-state index in [1.165, 1.54) is 43.7 Å². The molecule has 89 heavy (non-hydrogen) atoms. The van der Waals surface area contributed by atoms with E-state index in [9.17, 15) is 0 Å². The zero-order chi connectivity index (χ0) is 60.3. The van der Waals surface area contributed by atoms with Gasteiger partial charge < -0.3 is 47.4 Å². The minimum atomic E-state index is -1.22. The van der Waals surface area contributed by atoms with Crippen molar-refractivity contribution in [1.29, 1.82) is 0 Å². The minimum Gasteiger partial charge on any atom is -0.487 e. The maximum atomic E-state index is 5.80. The summed E-state index contributed by atoms with van der Waals surface area (Å²) in [4.78, 5) is 0. The van der Waals surface area contributed by atoms with E-state index in [1.807, 2.05) is 48.5 Å². The molecule has 1 heterocycles. The van der Waals surface area contributed by atoms with Gasteiger partial charge >= 0.3 is 48.9 Å². The summed E-state index contributed by atoms with van der Waals surface area (Å²) in [5, 5.41) is 0. The molecular weight excluding hydrogens is 1230 g/mol. The molecule has 0 bridgehead atoms. The zero-order valence-electron chi connectivity index (χ0n) is 51.0. The Kier molecular flexibility index (Phi) is 29.8. The van der Waals surface area contributed by atoms with Crippen LogP contribution < -0.4 is 62.6 Å². The molecule has 10 aromatic carbocycles. The maximum Gasteiger partial charge on any atom is 2.00 e. The number of para-hydroxylation sites is 4. The van der Waals surface area contributed by atoms with Crippen molar-refractivity contribution >= 4 is 105 Å². The Morgan fingerprint density at radius 3 is 0.427 bits per heavy atom. The molecule has 0 saturated carbocycles. The monoisotopic (exact) mass is 1310 g/mol. The van der Waals surface area contributed by atoms with Gasteiger partial charge in [0.05, 0.1) is 79.3 Å². The summed E-state index contributed by atoms with van der Waals surface area (Å²) in [5.41, 5.74) is 10.7. The first-order valence-electron chi connectivity index (χ1n) is 30.7. The van der Waals surface area contributed by atoms with Gasteiger partial charge in [0.25, 0.3) is 0 Å². The molecule has 0 N–H and O–H groups in total. The second-order valence-electron chi connectivity index (χ2n) is 21.0. The van der Waals surface area contributed by atoms with Crippen LogP contribution in [0.5, 0.6) is 23.0 Å². The first-order valence-corrected chi connectivity index (χ1v) is 30.7. The average molecular weight is 1310 g/mol. The van der Waals surface area contributed by atoms with E-state index in [0.29, 0.717) is 129 Å². The molecule has 452 valence electrons. The Hall–Kier alpha value is -7.14. The van der Waals surface area contributed by atoms with Crippen molar-refractivity contribution in [2.24, 2.45) is 0 Å². The molecule has 0 saturated heterocycles. The van der Waals surface area contributed by atoms with E-state index in [2.05, 4.69) is 243 Å². The fourth-order valence-electron chi connectivity index (χ4n) is 11.5. The largest absolute Gasteiger partial charge is 2.00 e. The first kappa shape index (κ1) is 67.8. The van der Waals surface area contributed by atoms with E-state index < -0.39 is 12.3 Å². The number of hydrogen-bond acceptors (Lipinski definition) is 10. The second kappa shape index (κ2) is 39.1. The quantitative estimate of drug-likeness (QED) is 0.138. The molecule has 0 aromatic heterocycles. The van der Waals surface area contributed by atoms with Crippen LogP contribution in [0.2, 0.25) is 0 Å². The van der Waals surface area contributed by atoms with Crippen LogP contribution in [0.25, 0.3) is 0 Å². The smallest absolute Gasteiger partial charge is 0.487 e. The van der Waals surface area contributed by atoms with Crippen molar-refractivity contribution in [1.82, 2.24) is 0 Å². The molecule has 0 amide bonds. The number of rotatable bonds is 8. The van der Waals surface area contributed by atoms with Crippen LogP contribution in [-0.2, 0) is 28.4 Å². The zero-order valence-corrected chi connectivity index (χ0v) is 55.4. The SMILES string of the molecule is [Ba+2].c1ccc([B-](c2ccccc2)(c2ccccc2)c2ccccc2)cc1.c1ccc([B-](c2ccccc2)(c2ccccc2)c2ccccc2)cc1.c1ccc2c(c1)OCCOCCOCCOCCOc1ccccc1OCCOCCOCCOCCO2.